The van der Waals surface area contributed by atoms with Gasteiger partial charge in [0.25, 0.3) is 0 Å². The highest BCUT2D eigenvalue weighted by molar-refractivity contribution is 9.10. The predicted octanol–water partition coefficient (Wildman–Crippen LogP) is 4.72. The van der Waals surface area contributed by atoms with E-state index in [4.69, 9.17) is 10.3 Å². The zero-order chi connectivity index (χ0) is 13.4. The van der Waals surface area contributed by atoms with Crippen molar-refractivity contribution in [1.82, 2.24) is 5.16 Å². The normalized spacial score (nSPS) is 10.8. The highest BCUT2D eigenvalue weighted by Crippen LogP contribution is 2.41. The van der Waals surface area contributed by atoms with Gasteiger partial charge in [-0.1, -0.05) is 39.3 Å². The highest BCUT2D eigenvalue weighted by Gasteiger charge is 2.20. The summed E-state index contributed by atoms with van der Waals surface area (Å²) >= 11 is 5.19. The van der Waals surface area contributed by atoms with Crippen LogP contribution in [-0.2, 0) is 0 Å². The third-order valence-electron chi connectivity index (χ3n) is 2.97. The lowest BCUT2D eigenvalue weighted by atomic mass is 10.0. The molecular weight excluding hydrogens is 324 g/mol. The Hall–Kier alpha value is -1.59. The van der Waals surface area contributed by atoms with E-state index < -0.39 is 0 Å². The van der Waals surface area contributed by atoms with Crippen LogP contribution in [0.1, 0.15) is 5.56 Å². The van der Waals surface area contributed by atoms with E-state index in [2.05, 4.69) is 38.8 Å². The van der Waals surface area contributed by atoms with Gasteiger partial charge in [-0.2, -0.15) is 11.3 Å². The predicted molar refractivity (Wildman–Crippen MR) is 82.1 cm³/mol. The SMILES string of the molecule is Cc1cscc1-c1noc(N)c1-c1ccccc1Br. The van der Waals surface area contributed by atoms with E-state index in [0.29, 0.717) is 5.88 Å². The Kier molecular flexibility index (Phi) is 3.16. The molecule has 0 saturated heterocycles. The van der Waals surface area contributed by atoms with Gasteiger partial charge in [0.05, 0.1) is 5.56 Å². The number of hydrogen-bond acceptors (Lipinski definition) is 4. The van der Waals surface area contributed by atoms with E-state index in [0.717, 1.165) is 26.9 Å². The molecule has 2 aromatic heterocycles. The molecular formula is C14H11BrN2OS. The Morgan fingerprint density at radius 1 is 1.21 bits per heavy atom. The lowest BCUT2D eigenvalue weighted by Crippen LogP contribution is -1.88. The first-order valence-electron chi connectivity index (χ1n) is 5.71. The van der Waals surface area contributed by atoms with Crippen molar-refractivity contribution in [3.63, 3.8) is 0 Å². The first-order chi connectivity index (χ1) is 9.18. The van der Waals surface area contributed by atoms with Gasteiger partial charge >= 0.3 is 0 Å². The summed E-state index contributed by atoms with van der Waals surface area (Å²) in [5.41, 5.74) is 10.8. The molecule has 0 spiro atoms. The number of aromatic nitrogens is 1. The molecule has 0 aliphatic rings. The number of halogens is 1. The number of benzene rings is 1. The monoisotopic (exact) mass is 334 g/mol. The minimum atomic E-state index is 0.340. The van der Waals surface area contributed by atoms with Crippen molar-refractivity contribution in [3.05, 3.63) is 45.1 Å². The molecule has 0 fully saturated rings. The maximum Gasteiger partial charge on any atom is 0.230 e. The quantitative estimate of drug-likeness (QED) is 0.737. The maximum absolute atomic E-state index is 5.95. The minimum absolute atomic E-state index is 0.340. The molecule has 96 valence electrons. The standard InChI is InChI=1S/C14H11BrN2OS/c1-8-6-19-7-10(8)13-12(14(16)18-17-13)9-4-2-3-5-11(9)15/h2-7H,16H2,1H3. The number of rotatable bonds is 2. The summed E-state index contributed by atoms with van der Waals surface area (Å²) in [5.74, 6) is 0.340. The van der Waals surface area contributed by atoms with Crippen molar-refractivity contribution in [2.45, 2.75) is 6.92 Å². The molecule has 0 amide bonds. The highest BCUT2D eigenvalue weighted by atomic mass is 79.9. The van der Waals surface area contributed by atoms with Crippen molar-refractivity contribution in [2.24, 2.45) is 0 Å². The van der Waals surface area contributed by atoms with Crippen LogP contribution in [0.25, 0.3) is 22.4 Å². The van der Waals surface area contributed by atoms with E-state index in [9.17, 15) is 0 Å². The van der Waals surface area contributed by atoms with Crippen LogP contribution in [0.4, 0.5) is 5.88 Å². The van der Waals surface area contributed by atoms with Gasteiger partial charge < -0.3 is 10.3 Å². The second-order valence-electron chi connectivity index (χ2n) is 4.22. The summed E-state index contributed by atoms with van der Waals surface area (Å²) in [4.78, 5) is 0. The average Bonchev–Trinajstić information content (AvgIpc) is 2.96. The molecule has 0 aliphatic carbocycles. The van der Waals surface area contributed by atoms with Gasteiger partial charge in [-0.25, -0.2) is 0 Å². The molecule has 3 aromatic rings. The molecule has 0 aliphatic heterocycles. The first kappa shape index (κ1) is 12.4. The smallest absolute Gasteiger partial charge is 0.230 e. The van der Waals surface area contributed by atoms with Crippen molar-refractivity contribution in [2.75, 3.05) is 5.73 Å². The van der Waals surface area contributed by atoms with Gasteiger partial charge in [0, 0.05) is 21.0 Å². The second-order valence-corrected chi connectivity index (χ2v) is 5.82. The summed E-state index contributed by atoms with van der Waals surface area (Å²) in [7, 11) is 0. The molecule has 0 saturated carbocycles. The van der Waals surface area contributed by atoms with Crippen LogP contribution >= 0.6 is 27.3 Å². The fraction of sp³-hybridized carbons (Fsp3) is 0.0714. The van der Waals surface area contributed by atoms with Gasteiger partial charge in [0.15, 0.2) is 0 Å². The van der Waals surface area contributed by atoms with Gasteiger partial charge in [0.1, 0.15) is 5.69 Å². The maximum atomic E-state index is 5.95. The van der Waals surface area contributed by atoms with E-state index in [1.165, 1.54) is 5.56 Å². The van der Waals surface area contributed by atoms with Crippen molar-refractivity contribution in [1.29, 1.82) is 0 Å². The van der Waals surface area contributed by atoms with Gasteiger partial charge in [-0.15, -0.1) is 0 Å². The summed E-state index contributed by atoms with van der Waals surface area (Å²) in [6.45, 7) is 2.06. The number of nitrogens with zero attached hydrogens (tertiary/aromatic N) is 1. The third kappa shape index (κ3) is 2.09. The van der Waals surface area contributed by atoms with Crippen LogP contribution in [0.15, 0.2) is 44.0 Å². The number of hydrogen-bond donors (Lipinski definition) is 1. The van der Waals surface area contributed by atoms with Crippen LogP contribution in [0.5, 0.6) is 0 Å². The molecule has 0 bridgehead atoms. The largest absolute Gasteiger partial charge is 0.367 e. The van der Waals surface area contributed by atoms with Crippen molar-refractivity contribution >= 4 is 33.2 Å². The number of anilines is 1. The molecule has 0 atom stereocenters. The number of thiophene rings is 1. The zero-order valence-corrected chi connectivity index (χ0v) is 12.6. The summed E-state index contributed by atoms with van der Waals surface area (Å²) in [5, 5.41) is 8.27. The summed E-state index contributed by atoms with van der Waals surface area (Å²) < 4.78 is 6.17. The molecule has 1 aromatic carbocycles. The second kappa shape index (κ2) is 4.83. The molecule has 2 N–H and O–H groups in total. The van der Waals surface area contributed by atoms with Crippen LogP contribution < -0.4 is 5.73 Å². The molecule has 5 heteroatoms. The van der Waals surface area contributed by atoms with E-state index in [1.807, 2.05) is 24.3 Å². The number of nitrogens with two attached hydrogens (primary N) is 1. The van der Waals surface area contributed by atoms with Gasteiger partial charge in [0.2, 0.25) is 5.88 Å². The fourth-order valence-electron chi connectivity index (χ4n) is 2.01. The average molecular weight is 335 g/mol. The summed E-state index contributed by atoms with van der Waals surface area (Å²) in [6, 6.07) is 7.91. The van der Waals surface area contributed by atoms with Crippen LogP contribution in [-0.4, -0.2) is 5.16 Å². The number of aryl methyl sites for hydroxylation is 1. The van der Waals surface area contributed by atoms with Crippen LogP contribution in [0, 0.1) is 6.92 Å². The zero-order valence-electron chi connectivity index (χ0n) is 10.2. The molecule has 19 heavy (non-hydrogen) atoms. The number of nitrogen functional groups attached to an aromatic ring is 1. The Labute approximate surface area is 123 Å². The van der Waals surface area contributed by atoms with E-state index in [1.54, 1.807) is 11.3 Å². The van der Waals surface area contributed by atoms with Crippen LogP contribution in [0.2, 0.25) is 0 Å². The lowest BCUT2D eigenvalue weighted by Gasteiger charge is -2.04. The molecule has 0 radical (unpaired) electrons. The Morgan fingerprint density at radius 3 is 2.68 bits per heavy atom. The van der Waals surface area contributed by atoms with Gasteiger partial charge in [-0.3, -0.25) is 0 Å². The van der Waals surface area contributed by atoms with E-state index in [-0.39, 0.29) is 0 Å². The van der Waals surface area contributed by atoms with Gasteiger partial charge in [-0.05, 0) is 23.9 Å². The Balaban J connectivity index is 2.26. The third-order valence-corrected chi connectivity index (χ3v) is 4.53. The minimum Gasteiger partial charge on any atom is -0.367 e. The van der Waals surface area contributed by atoms with Crippen LogP contribution in [0.3, 0.4) is 0 Å². The van der Waals surface area contributed by atoms with Crippen molar-refractivity contribution in [3.8, 4) is 22.4 Å². The molecule has 0 unspecified atom stereocenters. The molecule has 2 heterocycles. The van der Waals surface area contributed by atoms with Crippen molar-refractivity contribution < 1.29 is 4.52 Å². The Bertz CT molecular complexity index is 733. The topological polar surface area (TPSA) is 52.0 Å². The fourth-order valence-corrected chi connectivity index (χ4v) is 3.33. The lowest BCUT2D eigenvalue weighted by molar-refractivity contribution is 0.439. The van der Waals surface area contributed by atoms with E-state index >= 15 is 0 Å². The Morgan fingerprint density at radius 2 is 2.00 bits per heavy atom. The first-order valence-corrected chi connectivity index (χ1v) is 7.45. The molecule has 3 nitrogen and oxygen atoms in total. The summed E-state index contributed by atoms with van der Waals surface area (Å²) in [6.07, 6.45) is 0. The molecule has 3 rings (SSSR count).